The van der Waals surface area contributed by atoms with Crippen molar-refractivity contribution in [1.82, 2.24) is 9.55 Å². The molecular formula is C48H47N5. The Labute approximate surface area is 313 Å². The molecule has 0 aliphatic carbocycles. The maximum Gasteiger partial charge on any atom is 0.0717 e. The molecule has 5 heteroatoms. The molecule has 0 spiro atoms. The van der Waals surface area contributed by atoms with Gasteiger partial charge in [-0.1, -0.05) is 123 Å². The number of hydrogen-bond donors (Lipinski definition) is 3. The molecule has 0 bridgehead atoms. The highest BCUT2D eigenvalue weighted by molar-refractivity contribution is 6.08. The van der Waals surface area contributed by atoms with Crippen LogP contribution in [0.25, 0.3) is 56.6 Å². The first-order chi connectivity index (χ1) is 25.8. The van der Waals surface area contributed by atoms with Crippen LogP contribution in [0.4, 0.5) is 0 Å². The van der Waals surface area contributed by atoms with Crippen LogP contribution in [0.1, 0.15) is 41.4 Å². The largest absolute Gasteiger partial charge is 0.404 e. The number of nitrogens with zero attached hydrogens (tertiary/aromatic N) is 2. The van der Waals surface area contributed by atoms with Gasteiger partial charge >= 0.3 is 0 Å². The second kappa shape index (κ2) is 17.5. The molecule has 5 N–H and O–H groups in total. The quantitative estimate of drug-likeness (QED) is 0.0798. The van der Waals surface area contributed by atoms with Crippen molar-refractivity contribution in [3.05, 3.63) is 198 Å². The lowest BCUT2D eigenvalue weighted by Gasteiger charge is -2.18. The Bertz CT molecular complexity index is 2360. The van der Waals surface area contributed by atoms with Gasteiger partial charge in [0.1, 0.15) is 0 Å². The molecule has 264 valence electrons. The van der Waals surface area contributed by atoms with Crippen LogP contribution < -0.4 is 11.5 Å². The van der Waals surface area contributed by atoms with E-state index >= 15 is 0 Å². The molecule has 0 amide bonds. The van der Waals surface area contributed by atoms with Crippen LogP contribution in [0.3, 0.4) is 0 Å². The fraction of sp³-hybridized carbons (Fsp3) is 0.0833. The van der Waals surface area contributed by atoms with Crippen LogP contribution in [-0.2, 0) is 0 Å². The van der Waals surface area contributed by atoms with Crippen LogP contribution in [0.2, 0.25) is 0 Å². The van der Waals surface area contributed by atoms with Crippen LogP contribution >= 0.6 is 0 Å². The molecule has 5 nitrogen and oxygen atoms in total. The fourth-order valence-corrected chi connectivity index (χ4v) is 6.55. The SMILES string of the molecule is C=C/C=C(\C=N)c1ccc(-c2ccc(-c3c(C)c(C)c(/C=C(C=C)/C(/C=C\CC(/C=C\C)=C/N)=C/N)n3-c3cccc4ccccc34)c(C=C)c2)cn1. The molecule has 0 atom stereocenters. The lowest BCUT2D eigenvalue weighted by molar-refractivity contribution is 1.07. The van der Waals surface area contributed by atoms with Gasteiger partial charge < -0.3 is 21.4 Å². The predicted molar refractivity (Wildman–Crippen MR) is 230 cm³/mol. The minimum atomic E-state index is 0.676. The second-order valence-electron chi connectivity index (χ2n) is 12.5. The maximum atomic E-state index is 7.75. The molecule has 0 saturated carbocycles. The zero-order valence-electron chi connectivity index (χ0n) is 30.8. The van der Waals surface area contributed by atoms with Crippen molar-refractivity contribution in [3.8, 4) is 28.1 Å². The maximum absolute atomic E-state index is 7.75. The van der Waals surface area contributed by atoms with Crippen LogP contribution in [-0.4, -0.2) is 15.8 Å². The third kappa shape index (κ3) is 7.95. The molecule has 5 rings (SSSR count). The summed E-state index contributed by atoms with van der Waals surface area (Å²) in [5, 5.41) is 10.0. The average molecular weight is 694 g/mol. The Morgan fingerprint density at radius 3 is 2.30 bits per heavy atom. The van der Waals surface area contributed by atoms with Crippen LogP contribution in [0.5, 0.6) is 0 Å². The van der Waals surface area contributed by atoms with Gasteiger partial charge in [0.25, 0.3) is 0 Å². The normalized spacial score (nSPS) is 12.9. The zero-order chi connectivity index (χ0) is 37.9. The Morgan fingerprint density at radius 2 is 1.64 bits per heavy atom. The van der Waals surface area contributed by atoms with Crippen molar-refractivity contribution in [2.24, 2.45) is 11.5 Å². The van der Waals surface area contributed by atoms with E-state index < -0.39 is 0 Å². The fourth-order valence-electron chi connectivity index (χ4n) is 6.55. The molecule has 5 aromatic rings. The lowest BCUT2D eigenvalue weighted by Crippen LogP contribution is -2.03. The smallest absolute Gasteiger partial charge is 0.0717 e. The number of hydrogen-bond acceptors (Lipinski definition) is 4. The number of aromatic nitrogens is 2. The summed E-state index contributed by atoms with van der Waals surface area (Å²) < 4.78 is 2.36. The summed E-state index contributed by atoms with van der Waals surface area (Å²) in [5.74, 6) is 0. The summed E-state index contributed by atoms with van der Waals surface area (Å²) in [4.78, 5) is 4.65. The summed E-state index contributed by atoms with van der Waals surface area (Å²) in [6.45, 7) is 18.5. The first-order valence-corrected chi connectivity index (χ1v) is 17.6. The second-order valence-corrected chi connectivity index (χ2v) is 12.5. The first-order valence-electron chi connectivity index (χ1n) is 17.6. The topological polar surface area (TPSA) is 93.7 Å². The standard InChI is InChI=1S/C48H47N5/c1-7-15-35(29-49)17-13-20-40(30-50)36(9-3)28-47-33(5)34(6)48(53(47)46-22-14-19-38-18-11-12-21-43(38)46)44-25-23-39(27-37(44)10-4)42-24-26-45(52-32-42)41(31-51)16-8-2/h7-16,18-32,51H,2-4,17,49-50H2,1,5-6H3/b15-7-,20-13-,35-29+,36-28+,40-30+,41-16+,51-31?. The Hall–Kier alpha value is -6.72. The third-order valence-electron chi connectivity index (χ3n) is 9.42. The van der Waals surface area contributed by atoms with Gasteiger partial charge in [0.05, 0.1) is 22.8 Å². The molecule has 0 saturated heterocycles. The molecule has 3 aromatic carbocycles. The third-order valence-corrected chi connectivity index (χ3v) is 9.42. The van der Waals surface area contributed by atoms with Gasteiger partial charge in [-0.25, -0.2) is 0 Å². The lowest BCUT2D eigenvalue weighted by atomic mass is 9.95. The molecule has 0 radical (unpaired) electrons. The highest BCUT2D eigenvalue weighted by Gasteiger charge is 2.22. The van der Waals surface area contributed by atoms with E-state index in [1.807, 2.05) is 55.6 Å². The number of allylic oxidation sites excluding steroid dienone is 11. The van der Waals surface area contributed by atoms with E-state index in [9.17, 15) is 0 Å². The summed E-state index contributed by atoms with van der Waals surface area (Å²) in [6.07, 6.45) is 24.5. The van der Waals surface area contributed by atoms with Crippen molar-refractivity contribution >= 4 is 34.7 Å². The Kier molecular flexibility index (Phi) is 12.4. The van der Waals surface area contributed by atoms with Gasteiger partial charge in [-0.05, 0) is 102 Å². The number of benzene rings is 3. The van der Waals surface area contributed by atoms with E-state index in [1.165, 1.54) is 6.21 Å². The average Bonchev–Trinajstić information content (AvgIpc) is 3.44. The van der Waals surface area contributed by atoms with E-state index in [0.29, 0.717) is 12.0 Å². The molecule has 53 heavy (non-hydrogen) atoms. The molecular weight excluding hydrogens is 647 g/mol. The van der Waals surface area contributed by atoms with E-state index in [1.54, 1.807) is 24.6 Å². The van der Waals surface area contributed by atoms with E-state index in [4.69, 9.17) is 16.9 Å². The van der Waals surface area contributed by atoms with Gasteiger partial charge in [-0.15, -0.1) is 0 Å². The van der Waals surface area contributed by atoms with Crippen molar-refractivity contribution in [1.29, 1.82) is 5.41 Å². The number of pyridine rings is 1. The number of nitrogens with two attached hydrogens (primary N) is 2. The van der Waals surface area contributed by atoms with Gasteiger partial charge in [-0.3, -0.25) is 4.98 Å². The summed E-state index contributed by atoms with van der Waals surface area (Å²) in [5.41, 5.74) is 25.8. The monoisotopic (exact) mass is 693 g/mol. The van der Waals surface area contributed by atoms with Gasteiger partial charge in [0, 0.05) is 40.7 Å². The number of fused-ring (bicyclic) bond motifs is 1. The summed E-state index contributed by atoms with van der Waals surface area (Å²) >= 11 is 0. The van der Waals surface area contributed by atoms with Crippen LogP contribution in [0, 0.1) is 19.3 Å². The van der Waals surface area contributed by atoms with Crippen LogP contribution in [0.15, 0.2) is 170 Å². The molecule has 0 aliphatic heterocycles. The van der Waals surface area contributed by atoms with Crippen molar-refractivity contribution < 1.29 is 0 Å². The van der Waals surface area contributed by atoms with Gasteiger partial charge in [-0.2, -0.15) is 0 Å². The van der Waals surface area contributed by atoms with Gasteiger partial charge in [0.15, 0.2) is 0 Å². The highest BCUT2D eigenvalue weighted by Crippen LogP contribution is 2.40. The van der Waals surface area contributed by atoms with Crippen molar-refractivity contribution in [2.75, 3.05) is 0 Å². The predicted octanol–water partition coefficient (Wildman–Crippen LogP) is 11.6. The first kappa shape index (κ1) is 37.5. The molecule has 2 aromatic heterocycles. The van der Waals surface area contributed by atoms with Crippen molar-refractivity contribution in [3.63, 3.8) is 0 Å². The summed E-state index contributed by atoms with van der Waals surface area (Å²) in [6, 6.07) is 25.3. The van der Waals surface area contributed by atoms with E-state index in [0.717, 1.165) is 83.6 Å². The molecule has 0 aliphatic rings. The van der Waals surface area contributed by atoms with E-state index in [2.05, 4.69) is 116 Å². The molecule has 0 unspecified atom stereocenters. The van der Waals surface area contributed by atoms with Crippen molar-refractivity contribution in [2.45, 2.75) is 27.2 Å². The Morgan fingerprint density at radius 1 is 0.868 bits per heavy atom. The highest BCUT2D eigenvalue weighted by atomic mass is 15.0. The number of nitrogens with one attached hydrogen (secondary N) is 1. The number of rotatable bonds is 14. The summed E-state index contributed by atoms with van der Waals surface area (Å²) in [7, 11) is 0. The minimum Gasteiger partial charge on any atom is -0.404 e. The molecule has 0 fully saturated rings. The molecule has 2 heterocycles. The zero-order valence-corrected chi connectivity index (χ0v) is 30.8. The minimum absolute atomic E-state index is 0.676. The van der Waals surface area contributed by atoms with Gasteiger partial charge in [0.2, 0.25) is 0 Å². The van der Waals surface area contributed by atoms with E-state index in [-0.39, 0.29) is 0 Å². The Balaban J connectivity index is 1.72.